The predicted molar refractivity (Wildman–Crippen MR) is 52.5 cm³/mol. The van der Waals surface area contributed by atoms with E-state index < -0.39 is 18.5 Å². The van der Waals surface area contributed by atoms with Crippen molar-refractivity contribution in [3.63, 3.8) is 0 Å². The van der Waals surface area contributed by atoms with Crippen molar-refractivity contribution in [3.05, 3.63) is 23.5 Å². The Morgan fingerprint density at radius 1 is 1.50 bits per heavy atom. The van der Waals surface area contributed by atoms with E-state index in [-0.39, 0.29) is 5.69 Å². The summed E-state index contributed by atoms with van der Waals surface area (Å²) in [6.07, 6.45) is 0. The van der Waals surface area contributed by atoms with Crippen LogP contribution >= 0.6 is 0 Å². The summed E-state index contributed by atoms with van der Waals surface area (Å²) >= 11 is 0. The number of hydrogen-bond acceptors (Lipinski definition) is 3. The van der Waals surface area contributed by atoms with Crippen LogP contribution in [0.25, 0.3) is 0 Å². The molecule has 0 fully saturated rings. The van der Waals surface area contributed by atoms with Gasteiger partial charge in [-0.25, -0.2) is 4.39 Å². The van der Waals surface area contributed by atoms with Gasteiger partial charge in [-0.3, -0.25) is 0 Å². The molecule has 5 heteroatoms. The van der Waals surface area contributed by atoms with Crippen LogP contribution in [0, 0.1) is 5.82 Å². The van der Waals surface area contributed by atoms with Crippen molar-refractivity contribution in [3.8, 4) is 0 Å². The van der Waals surface area contributed by atoms with Gasteiger partial charge in [-0.15, -0.1) is 0 Å². The number of rotatable bonds is 0. The van der Waals surface area contributed by atoms with Crippen molar-refractivity contribution >= 4 is 18.3 Å². The molecule has 1 heterocycles. The Labute approximate surface area is 81.8 Å². The van der Waals surface area contributed by atoms with Gasteiger partial charge < -0.3 is 15.4 Å². The average Bonchev–Trinajstić information content (AvgIpc) is 2.29. The van der Waals surface area contributed by atoms with Gasteiger partial charge in [-0.2, -0.15) is 0 Å². The van der Waals surface area contributed by atoms with Gasteiger partial charge in [0.15, 0.2) is 0 Å². The summed E-state index contributed by atoms with van der Waals surface area (Å²) in [6, 6.07) is 2.88. The number of nitrogens with two attached hydrogens (primary N) is 1. The number of benzene rings is 1. The van der Waals surface area contributed by atoms with Crippen molar-refractivity contribution in [2.75, 3.05) is 5.73 Å². The molecule has 1 aromatic rings. The van der Waals surface area contributed by atoms with E-state index in [1.807, 2.05) is 0 Å². The Bertz CT molecular complexity index is 395. The lowest BCUT2D eigenvalue weighted by atomic mass is 9.77. The number of hydrogen-bond donors (Lipinski definition) is 2. The average molecular weight is 195 g/mol. The summed E-state index contributed by atoms with van der Waals surface area (Å²) in [5, 5.41) is 9.55. The lowest BCUT2D eigenvalue weighted by Gasteiger charge is -2.19. The zero-order chi connectivity index (χ0) is 10.5. The van der Waals surface area contributed by atoms with Gasteiger partial charge in [0.1, 0.15) is 5.82 Å². The Balaban J connectivity index is 2.69. The molecule has 0 saturated carbocycles. The minimum atomic E-state index is -1.13. The van der Waals surface area contributed by atoms with Crippen LogP contribution in [0.2, 0.25) is 0 Å². The maximum absolute atomic E-state index is 13.1. The number of fused-ring (bicyclic) bond motifs is 1. The SMILES string of the molecule is CC1(C)OB(O)c2c1ccc(F)c2N. The molecule has 0 aliphatic carbocycles. The summed E-state index contributed by atoms with van der Waals surface area (Å²) in [6.45, 7) is 3.61. The van der Waals surface area contributed by atoms with Crippen LogP contribution in [0.3, 0.4) is 0 Å². The first-order valence-electron chi connectivity index (χ1n) is 4.38. The van der Waals surface area contributed by atoms with Crippen molar-refractivity contribution < 1.29 is 14.1 Å². The molecule has 0 unspecified atom stereocenters. The summed E-state index contributed by atoms with van der Waals surface area (Å²) in [5.74, 6) is -0.524. The first-order valence-corrected chi connectivity index (χ1v) is 4.38. The minimum Gasteiger partial charge on any atom is -0.423 e. The molecule has 0 bridgehead atoms. The van der Waals surface area contributed by atoms with Crippen LogP contribution in [0.5, 0.6) is 0 Å². The smallest absolute Gasteiger partial charge is 0.423 e. The van der Waals surface area contributed by atoms with Crippen molar-refractivity contribution in [2.45, 2.75) is 19.4 Å². The minimum absolute atomic E-state index is 0.0272. The third kappa shape index (κ3) is 1.13. The Hall–Kier alpha value is -1.07. The third-order valence-electron chi connectivity index (χ3n) is 2.54. The molecular weight excluding hydrogens is 184 g/mol. The Kier molecular flexibility index (Phi) is 1.84. The van der Waals surface area contributed by atoms with Gasteiger partial charge in [-0.05, 0) is 25.5 Å². The highest BCUT2D eigenvalue weighted by Crippen LogP contribution is 2.31. The lowest BCUT2D eigenvalue weighted by Crippen LogP contribution is -2.31. The van der Waals surface area contributed by atoms with Gasteiger partial charge in [0.05, 0.1) is 11.3 Å². The van der Waals surface area contributed by atoms with Crippen LogP contribution in [0.4, 0.5) is 10.1 Å². The molecule has 3 nitrogen and oxygen atoms in total. The van der Waals surface area contributed by atoms with Crippen LogP contribution in [0.15, 0.2) is 12.1 Å². The highest BCUT2D eigenvalue weighted by atomic mass is 19.1. The molecule has 0 atom stereocenters. The summed E-state index contributed by atoms with van der Waals surface area (Å²) < 4.78 is 18.4. The maximum atomic E-state index is 13.1. The standard InChI is InChI=1S/C9H11BFNO2/c1-9(2)5-3-4-6(11)8(12)7(5)10(13)14-9/h3-4,13H,12H2,1-2H3. The van der Waals surface area contributed by atoms with E-state index in [0.717, 1.165) is 5.56 Å². The lowest BCUT2D eigenvalue weighted by molar-refractivity contribution is 0.101. The van der Waals surface area contributed by atoms with E-state index in [1.54, 1.807) is 19.9 Å². The molecule has 74 valence electrons. The second-order valence-electron chi connectivity index (χ2n) is 3.90. The van der Waals surface area contributed by atoms with E-state index in [4.69, 9.17) is 10.4 Å². The molecule has 0 radical (unpaired) electrons. The fourth-order valence-electron chi connectivity index (χ4n) is 1.80. The fourth-order valence-corrected chi connectivity index (χ4v) is 1.80. The van der Waals surface area contributed by atoms with E-state index in [9.17, 15) is 9.41 Å². The molecule has 1 aromatic carbocycles. The molecule has 0 amide bonds. The Morgan fingerprint density at radius 2 is 2.14 bits per heavy atom. The fraction of sp³-hybridized carbons (Fsp3) is 0.333. The van der Waals surface area contributed by atoms with Crippen molar-refractivity contribution in [2.24, 2.45) is 0 Å². The molecule has 0 spiro atoms. The normalized spacial score (nSPS) is 18.4. The van der Waals surface area contributed by atoms with Gasteiger partial charge in [0, 0.05) is 5.46 Å². The van der Waals surface area contributed by atoms with E-state index in [2.05, 4.69) is 0 Å². The van der Waals surface area contributed by atoms with Crippen LogP contribution in [-0.4, -0.2) is 12.1 Å². The third-order valence-corrected chi connectivity index (χ3v) is 2.54. The van der Waals surface area contributed by atoms with Gasteiger partial charge in [-0.1, -0.05) is 6.07 Å². The summed E-state index contributed by atoms with van der Waals surface area (Å²) in [4.78, 5) is 0. The second kappa shape index (κ2) is 2.71. The Morgan fingerprint density at radius 3 is 2.79 bits per heavy atom. The van der Waals surface area contributed by atoms with Crippen LogP contribution < -0.4 is 11.2 Å². The molecular formula is C9H11BFNO2. The monoisotopic (exact) mass is 195 g/mol. The van der Waals surface area contributed by atoms with Gasteiger partial charge in [0.2, 0.25) is 0 Å². The van der Waals surface area contributed by atoms with Gasteiger partial charge >= 0.3 is 7.12 Å². The van der Waals surface area contributed by atoms with E-state index in [1.165, 1.54) is 6.07 Å². The molecule has 0 aromatic heterocycles. The largest absolute Gasteiger partial charge is 0.494 e. The molecule has 1 aliphatic rings. The number of nitrogen functional groups attached to an aromatic ring is 1. The van der Waals surface area contributed by atoms with Crippen molar-refractivity contribution in [1.29, 1.82) is 0 Å². The first kappa shape index (κ1) is 9.49. The first-order chi connectivity index (χ1) is 6.43. The molecule has 1 aliphatic heterocycles. The molecule has 3 N–H and O–H groups in total. The topological polar surface area (TPSA) is 55.5 Å². The highest BCUT2D eigenvalue weighted by Gasteiger charge is 2.42. The molecule has 14 heavy (non-hydrogen) atoms. The zero-order valence-corrected chi connectivity index (χ0v) is 8.04. The number of halogens is 1. The predicted octanol–water partition coefficient (Wildman–Crippen LogP) is 0.361. The van der Waals surface area contributed by atoms with E-state index >= 15 is 0 Å². The van der Waals surface area contributed by atoms with E-state index in [0.29, 0.717) is 5.46 Å². The maximum Gasteiger partial charge on any atom is 0.494 e. The van der Waals surface area contributed by atoms with Crippen molar-refractivity contribution in [1.82, 2.24) is 0 Å². The zero-order valence-electron chi connectivity index (χ0n) is 8.04. The molecule has 2 rings (SSSR count). The van der Waals surface area contributed by atoms with Crippen LogP contribution in [-0.2, 0) is 10.3 Å². The number of anilines is 1. The summed E-state index contributed by atoms with van der Waals surface area (Å²) in [5.41, 5.74) is 5.98. The quantitative estimate of drug-likeness (QED) is 0.464. The molecule has 0 saturated heterocycles. The van der Waals surface area contributed by atoms with Gasteiger partial charge in [0.25, 0.3) is 0 Å². The van der Waals surface area contributed by atoms with Crippen LogP contribution in [0.1, 0.15) is 19.4 Å². The summed E-state index contributed by atoms with van der Waals surface area (Å²) in [7, 11) is -1.13. The highest BCUT2D eigenvalue weighted by molar-refractivity contribution is 6.63. The second-order valence-corrected chi connectivity index (χ2v) is 3.90.